The van der Waals surface area contributed by atoms with Crippen molar-refractivity contribution >= 4 is 32.7 Å². The molecule has 0 amide bonds. The number of hydrogen-bond acceptors (Lipinski definition) is 7. The number of benzene rings is 2. The minimum atomic E-state index is -3.90. The Bertz CT molecular complexity index is 1090. The van der Waals surface area contributed by atoms with Gasteiger partial charge in [0.25, 0.3) is 10.1 Å². The van der Waals surface area contributed by atoms with Gasteiger partial charge in [0.05, 0.1) is 11.5 Å². The zero-order chi connectivity index (χ0) is 22.2. The van der Waals surface area contributed by atoms with Crippen LogP contribution >= 0.6 is 11.8 Å². The van der Waals surface area contributed by atoms with Gasteiger partial charge in [-0.05, 0) is 31.0 Å². The van der Waals surface area contributed by atoms with Crippen LogP contribution in [0.4, 0.5) is 10.1 Å². The molecule has 0 N–H and O–H groups in total. The molecule has 0 radical (unpaired) electrons. The van der Waals surface area contributed by atoms with Crippen molar-refractivity contribution in [3.8, 4) is 0 Å². The highest BCUT2D eigenvalue weighted by Gasteiger charge is 2.58. The molecule has 0 aromatic heterocycles. The second-order valence-corrected chi connectivity index (χ2v) is 10.6. The topological polar surface area (TPSA) is 62.2 Å². The lowest BCUT2D eigenvalue weighted by molar-refractivity contribution is -0.0397. The normalized spacial score (nSPS) is 23.8. The van der Waals surface area contributed by atoms with E-state index in [1.807, 2.05) is 48.2 Å². The first-order chi connectivity index (χ1) is 14.7. The first-order valence-electron chi connectivity index (χ1n) is 10.1. The van der Waals surface area contributed by atoms with Crippen LogP contribution in [0.3, 0.4) is 0 Å². The van der Waals surface area contributed by atoms with Crippen LogP contribution in [-0.4, -0.2) is 51.9 Å². The summed E-state index contributed by atoms with van der Waals surface area (Å²) < 4.78 is 46.0. The van der Waals surface area contributed by atoms with Gasteiger partial charge in [0.15, 0.2) is 5.17 Å². The third-order valence-corrected chi connectivity index (χ3v) is 7.44. The zero-order valence-electron chi connectivity index (χ0n) is 17.8. The fourth-order valence-corrected chi connectivity index (χ4v) is 6.43. The molecule has 2 aromatic carbocycles. The number of amidine groups is 1. The van der Waals surface area contributed by atoms with E-state index in [-0.39, 0.29) is 0 Å². The molecule has 0 saturated carbocycles. The van der Waals surface area contributed by atoms with Crippen LogP contribution in [0.15, 0.2) is 53.5 Å². The maximum absolute atomic E-state index is 15.0. The summed E-state index contributed by atoms with van der Waals surface area (Å²) in [5.74, 6) is -0.398. The first-order valence-corrected chi connectivity index (χ1v) is 12.8. The second kappa shape index (κ2) is 8.44. The maximum Gasteiger partial charge on any atom is 0.267 e. The highest BCUT2D eigenvalue weighted by Crippen LogP contribution is 2.58. The van der Waals surface area contributed by atoms with Crippen molar-refractivity contribution in [3.05, 3.63) is 65.5 Å². The molecule has 0 bridgehead atoms. The summed E-state index contributed by atoms with van der Waals surface area (Å²) in [4.78, 5) is 8.56. The largest absolute Gasteiger partial charge is 0.378 e. The van der Waals surface area contributed by atoms with E-state index in [0.29, 0.717) is 29.4 Å². The summed E-state index contributed by atoms with van der Waals surface area (Å²) in [7, 11) is -0.0288. The molecule has 0 spiro atoms. The molecule has 2 atom stereocenters. The molecular weight excluding hydrogens is 437 g/mol. The van der Waals surface area contributed by atoms with Gasteiger partial charge in [-0.1, -0.05) is 42.1 Å². The number of nitrogens with zero attached hydrogens (tertiary/aromatic N) is 3. The molecule has 166 valence electrons. The van der Waals surface area contributed by atoms with Gasteiger partial charge in [-0.25, -0.2) is 8.57 Å². The van der Waals surface area contributed by atoms with Gasteiger partial charge in [-0.3, -0.25) is 4.99 Å². The van der Waals surface area contributed by atoms with Gasteiger partial charge in [0.2, 0.25) is 5.72 Å². The Morgan fingerprint density at radius 1 is 1.16 bits per heavy atom. The predicted molar refractivity (Wildman–Crippen MR) is 123 cm³/mol. The van der Waals surface area contributed by atoms with Crippen LogP contribution in [0.25, 0.3) is 0 Å². The molecule has 0 aliphatic carbocycles. The van der Waals surface area contributed by atoms with Gasteiger partial charge < -0.3 is 9.80 Å². The van der Waals surface area contributed by atoms with Crippen molar-refractivity contribution in [1.29, 1.82) is 0 Å². The summed E-state index contributed by atoms with van der Waals surface area (Å²) in [5, 5.41) is 0.0385. The van der Waals surface area contributed by atoms with Crippen LogP contribution in [0.5, 0.6) is 0 Å². The summed E-state index contributed by atoms with van der Waals surface area (Å²) >= 11 is 1.36. The molecule has 4 rings (SSSR count). The number of fused-ring (bicyclic) bond motifs is 1. The third kappa shape index (κ3) is 4.18. The molecule has 2 aliphatic rings. The molecule has 6 nitrogen and oxygen atoms in total. The van der Waals surface area contributed by atoms with E-state index in [0.717, 1.165) is 24.8 Å². The fraction of sp³-hybridized carbons (Fsp3) is 0.409. The summed E-state index contributed by atoms with van der Waals surface area (Å²) in [6.45, 7) is 1.22. The van der Waals surface area contributed by atoms with E-state index < -0.39 is 26.9 Å². The molecule has 2 aromatic rings. The van der Waals surface area contributed by atoms with Gasteiger partial charge in [-0.2, -0.15) is 8.42 Å². The lowest BCUT2D eigenvalue weighted by atomic mass is 9.92. The monoisotopic (exact) mass is 463 g/mol. The van der Waals surface area contributed by atoms with Crippen molar-refractivity contribution in [2.75, 3.05) is 38.3 Å². The maximum atomic E-state index is 15.0. The molecule has 9 heteroatoms. The highest BCUT2D eigenvalue weighted by atomic mass is 32.2. The quantitative estimate of drug-likeness (QED) is 0.626. The van der Waals surface area contributed by atoms with Gasteiger partial charge >= 0.3 is 0 Å². The Labute approximate surface area is 187 Å². The Kier molecular flexibility index (Phi) is 6.02. The molecule has 2 heterocycles. The standard InChI is InChI=1S/C22H26FN3O3S2/c1-25(2)17-12-10-16(11-13-17)22(29-31(3,27)28)20(18-8-4-5-9-19(18)23)30-21-24-14-6-7-15-26(21)22/h4-5,8-13,20H,6-7,14-15H2,1-3H3. The van der Waals surface area contributed by atoms with Crippen molar-refractivity contribution < 1.29 is 17.0 Å². The number of hydrogen-bond donors (Lipinski definition) is 0. The van der Waals surface area contributed by atoms with Crippen LogP contribution < -0.4 is 4.90 Å². The molecule has 1 fully saturated rings. The summed E-state index contributed by atoms with van der Waals surface area (Å²) in [5.41, 5.74) is 0.574. The number of thioether (sulfide) groups is 1. The number of halogens is 1. The van der Waals surface area contributed by atoms with Gasteiger partial charge in [0, 0.05) is 44.0 Å². The second-order valence-electron chi connectivity index (χ2n) is 7.97. The minimum absolute atomic E-state index is 0.392. The molecular formula is C22H26FN3O3S2. The van der Waals surface area contributed by atoms with E-state index in [4.69, 9.17) is 4.18 Å². The van der Waals surface area contributed by atoms with Crippen LogP contribution in [-0.2, 0) is 20.0 Å². The number of rotatable bonds is 5. The number of aliphatic imine (C=N–C) groups is 1. The lowest BCUT2D eigenvalue weighted by Gasteiger charge is -2.41. The predicted octanol–water partition coefficient (Wildman–Crippen LogP) is 3.96. The van der Waals surface area contributed by atoms with E-state index in [1.165, 1.54) is 17.8 Å². The van der Waals surface area contributed by atoms with E-state index >= 15 is 0 Å². The Morgan fingerprint density at radius 2 is 1.87 bits per heavy atom. The lowest BCUT2D eigenvalue weighted by Crippen LogP contribution is -2.49. The fourth-order valence-electron chi connectivity index (χ4n) is 4.11. The third-order valence-electron chi connectivity index (χ3n) is 5.51. The Hall–Kier alpha value is -2.10. The summed E-state index contributed by atoms with van der Waals surface area (Å²) in [6.07, 6.45) is 2.78. The smallest absolute Gasteiger partial charge is 0.267 e. The molecule has 1 saturated heterocycles. The Morgan fingerprint density at radius 3 is 2.52 bits per heavy atom. The van der Waals surface area contributed by atoms with E-state index in [2.05, 4.69) is 4.99 Å². The molecule has 2 aliphatic heterocycles. The van der Waals surface area contributed by atoms with Crippen molar-refractivity contribution in [2.24, 2.45) is 4.99 Å². The van der Waals surface area contributed by atoms with E-state index in [9.17, 15) is 12.8 Å². The average molecular weight is 464 g/mol. The summed E-state index contributed by atoms with van der Waals surface area (Å²) in [6, 6.07) is 14.0. The SMILES string of the molecule is CN(C)c1ccc(C2(OS(C)(=O)=O)C(c3ccccc3F)SC3=NCCCCN32)cc1. The van der Waals surface area contributed by atoms with Crippen molar-refractivity contribution in [1.82, 2.24) is 4.90 Å². The first kappa shape index (κ1) is 22.1. The Balaban J connectivity index is 1.97. The van der Waals surface area contributed by atoms with E-state index in [1.54, 1.807) is 18.2 Å². The van der Waals surface area contributed by atoms with Crippen molar-refractivity contribution in [3.63, 3.8) is 0 Å². The number of anilines is 1. The highest BCUT2D eigenvalue weighted by molar-refractivity contribution is 8.14. The average Bonchev–Trinajstić information content (AvgIpc) is 2.86. The minimum Gasteiger partial charge on any atom is -0.378 e. The molecule has 2 unspecified atom stereocenters. The zero-order valence-corrected chi connectivity index (χ0v) is 19.4. The van der Waals surface area contributed by atoms with Crippen LogP contribution in [0, 0.1) is 5.82 Å². The van der Waals surface area contributed by atoms with Crippen LogP contribution in [0.2, 0.25) is 0 Å². The van der Waals surface area contributed by atoms with Gasteiger partial charge in [-0.15, -0.1) is 0 Å². The van der Waals surface area contributed by atoms with Crippen molar-refractivity contribution in [2.45, 2.75) is 23.8 Å². The molecule has 31 heavy (non-hydrogen) atoms. The van der Waals surface area contributed by atoms with Gasteiger partial charge in [0.1, 0.15) is 5.82 Å². The van der Waals surface area contributed by atoms with Crippen LogP contribution in [0.1, 0.15) is 29.2 Å².